The minimum atomic E-state index is -0.160. The van der Waals surface area contributed by atoms with Gasteiger partial charge in [0.2, 0.25) is 0 Å². The van der Waals surface area contributed by atoms with E-state index in [0.29, 0.717) is 10.0 Å². The van der Waals surface area contributed by atoms with Gasteiger partial charge in [-0.2, -0.15) is 0 Å². The van der Waals surface area contributed by atoms with Crippen LogP contribution < -0.4 is 0 Å². The SMILES string of the molecule is Clc1cc(Cl)cc(C(Cl)Cc2cccc3ccccc23)c1. The highest BCUT2D eigenvalue weighted by molar-refractivity contribution is 6.35. The van der Waals surface area contributed by atoms with Crippen LogP contribution in [0.15, 0.2) is 60.7 Å². The van der Waals surface area contributed by atoms with Crippen LogP contribution >= 0.6 is 34.8 Å². The van der Waals surface area contributed by atoms with Gasteiger partial charge in [0.25, 0.3) is 0 Å². The maximum atomic E-state index is 6.57. The molecule has 0 fully saturated rings. The molecule has 0 radical (unpaired) electrons. The number of hydrogen-bond donors (Lipinski definition) is 0. The molecule has 0 saturated carbocycles. The molecular weight excluding hydrogens is 323 g/mol. The fourth-order valence-electron chi connectivity index (χ4n) is 2.54. The Kier molecular flexibility index (Phi) is 4.40. The second-order valence-electron chi connectivity index (χ2n) is 5.01. The summed E-state index contributed by atoms with van der Waals surface area (Å²) < 4.78 is 0. The van der Waals surface area contributed by atoms with Crippen molar-refractivity contribution in [3.8, 4) is 0 Å². The van der Waals surface area contributed by atoms with Crippen LogP contribution in [0.1, 0.15) is 16.5 Å². The minimum absolute atomic E-state index is 0.160. The molecule has 106 valence electrons. The van der Waals surface area contributed by atoms with Crippen molar-refractivity contribution in [1.29, 1.82) is 0 Å². The molecule has 3 aromatic rings. The summed E-state index contributed by atoms with van der Waals surface area (Å²) in [6, 6.07) is 20.1. The Morgan fingerprint density at radius 2 is 1.48 bits per heavy atom. The Labute approximate surface area is 139 Å². The number of hydrogen-bond acceptors (Lipinski definition) is 0. The van der Waals surface area contributed by atoms with E-state index in [0.717, 1.165) is 12.0 Å². The molecule has 21 heavy (non-hydrogen) atoms. The van der Waals surface area contributed by atoms with E-state index in [9.17, 15) is 0 Å². The lowest BCUT2D eigenvalue weighted by atomic mass is 9.98. The lowest BCUT2D eigenvalue weighted by molar-refractivity contribution is 0.928. The normalized spacial score (nSPS) is 12.5. The predicted octanol–water partition coefficient (Wildman–Crippen LogP) is 6.67. The fraction of sp³-hybridized carbons (Fsp3) is 0.111. The molecule has 0 aromatic heterocycles. The van der Waals surface area contributed by atoms with Gasteiger partial charge in [-0.15, -0.1) is 11.6 Å². The van der Waals surface area contributed by atoms with Crippen LogP contribution in [0.5, 0.6) is 0 Å². The topological polar surface area (TPSA) is 0 Å². The van der Waals surface area contributed by atoms with Gasteiger partial charge in [0, 0.05) is 10.0 Å². The molecule has 0 aliphatic heterocycles. The number of alkyl halides is 1. The minimum Gasteiger partial charge on any atom is -0.117 e. The molecule has 1 unspecified atom stereocenters. The van der Waals surface area contributed by atoms with Crippen molar-refractivity contribution in [2.45, 2.75) is 11.8 Å². The Hall–Kier alpha value is -1.21. The summed E-state index contributed by atoms with van der Waals surface area (Å²) in [7, 11) is 0. The highest BCUT2D eigenvalue weighted by atomic mass is 35.5. The molecule has 0 saturated heterocycles. The molecule has 0 spiro atoms. The van der Waals surface area contributed by atoms with E-state index in [-0.39, 0.29) is 5.38 Å². The lowest BCUT2D eigenvalue weighted by Crippen LogP contribution is -1.97. The molecule has 1 atom stereocenters. The Morgan fingerprint density at radius 3 is 2.24 bits per heavy atom. The van der Waals surface area contributed by atoms with Crippen LogP contribution in [-0.4, -0.2) is 0 Å². The second kappa shape index (κ2) is 6.27. The summed E-state index contributed by atoms with van der Waals surface area (Å²) >= 11 is 18.7. The van der Waals surface area contributed by atoms with Crippen LogP contribution in [0.25, 0.3) is 10.8 Å². The van der Waals surface area contributed by atoms with E-state index in [1.165, 1.54) is 16.3 Å². The number of halogens is 3. The smallest absolute Gasteiger partial charge is 0.0626 e. The van der Waals surface area contributed by atoms with E-state index in [1.54, 1.807) is 6.07 Å². The lowest BCUT2D eigenvalue weighted by Gasteiger charge is -2.13. The maximum Gasteiger partial charge on any atom is 0.0626 e. The first kappa shape index (κ1) is 14.7. The van der Waals surface area contributed by atoms with Gasteiger partial charge in [-0.1, -0.05) is 65.7 Å². The highest BCUT2D eigenvalue weighted by Gasteiger charge is 2.12. The quantitative estimate of drug-likeness (QED) is 0.469. The van der Waals surface area contributed by atoms with Crippen molar-refractivity contribution < 1.29 is 0 Å². The third kappa shape index (κ3) is 3.35. The van der Waals surface area contributed by atoms with Gasteiger partial charge >= 0.3 is 0 Å². The number of rotatable bonds is 3. The molecule has 3 heteroatoms. The van der Waals surface area contributed by atoms with Crippen molar-refractivity contribution in [3.05, 3.63) is 81.8 Å². The standard InChI is InChI=1S/C18H13Cl3/c19-15-8-14(9-16(20)11-15)18(21)10-13-6-3-5-12-4-1-2-7-17(12)13/h1-9,11,18H,10H2. The predicted molar refractivity (Wildman–Crippen MR) is 92.7 cm³/mol. The van der Waals surface area contributed by atoms with Crippen LogP contribution in [0, 0.1) is 0 Å². The zero-order valence-electron chi connectivity index (χ0n) is 11.2. The van der Waals surface area contributed by atoms with E-state index >= 15 is 0 Å². The average Bonchev–Trinajstić information content (AvgIpc) is 2.46. The first-order chi connectivity index (χ1) is 10.1. The monoisotopic (exact) mass is 334 g/mol. The molecule has 3 rings (SSSR count). The fourth-order valence-corrected chi connectivity index (χ4v) is 3.37. The van der Waals surface area contributed by atoms with Crippen molar-refractivity contribution >= 4 is 45.6 Å². The van der Waals surface area contributed by atoms with Gasteiger partial charge in [0.15, 0.2) is 0 Å². The van der Waals surface area contributed by atoms with E-state index in [4.69, 9.17) is 34.8 Å². The molecule has 0 nitrogen and oxygen atoms in total. The molecule has 0 heterocycles. The largest absolute Gasteiger partial charge is 0.117 e. The number of fused-ring (bicyclic) bond motifs is 1. The Balaban J connectivity index is 1.94. The van der Waals surface area contributed by atoms with E-state index in [1.807, 2.05) is 24.3 Å². The summed E-state index contributed by atoms with van der Waals surface area (Å²) in [5.41, 5.74) is 2.17. The Morgan fingerprint density at radius 1 is 0.810 bits per heavy atom. The first-order valence-electron chi connectivity index (χ1n) is 6.70. The van der Waals surface area contributed by atoms with Crippen molar-refractivity contribution in [3.63, 3.8) is 0 Å². The molecule has 0 N–H and O–H groups in total. The van der Waals surface area contributed by atoms with Crippen molar-refractivity contribution in [2.24, 2.45) is 0 Å². The Bertz CT molecular complexity index is 755. The van der Waals surface area contributed by atoms with Gasteiger partial charge in [-0.25, -0.2) is 0 Å². The summed E-state index contributed by atoms with van der Waals surface area (Å²) in [5.74, 6) is 0. The van der Waals surface area contributed by atoms with Crippen molar-refractivity contribution in [2.75, 3.05) is 0 Å². The molecule has 0 bridgehead atoms. The summed E-state index contributed by atoms with van der Waals surface area (Å²) in [4.78, 5) is 0. The van der Waals surface area contributed by atoms with Gasteiger partial charge < -0.3 is 0 Å². The van der Waals surface area contributed by atoms with Crippen molar-refractivity contribution in [1.82, 2.24) is 0 Å². The molecule has 0 aliphatic rings. The molecule has 3 aromatic carbocycles. The zero-order valence-corrected chi connectivity index (χ0v) is 13.5. The first-order valence-corrected chi connectivity index (χ1v) is 7.89. The van der Waals surface area contributed by atoms with Crippen LogP contribution in [-0.2, 0) is 6.42 Å². The van der Waals surface area contributed by atoms with Crippen LogP contribution in [0.3, 0.4) is 0 Å². The summed E-state index contributed by atoms with van der Waals surface area (Å²) in [6.07, 6.45) is 0.736. The van der Waals surface area contributed by atoms with Gasteiger partial charge in [-0.05, 0) is 46.5 Å². The van der Waals surface area contributed by atoms with Crippen LogP contribution in [0.2, 0.25) is 10.0 Å². The average molecular weight is 336 g/mol. The highest BCUT2D eigenvalue weighted by Crippen LogP contribution is 2.31. The third-order valence-electron chi connectivity index (χ3n) is 3.53. The second-order valence-corrected chi connectivity index (χ2v) is 6.41. The van der Waals surface area contributed by atoms with Crippen LogP contribution in [0.4, 0.5) is 0 Å². The molecule has 0 aliphatic carbocycles. The summed E-state index contributed by atoms with van der Waals surface area (Å²) in [6.45, 7) is 0. The summed E-state index contributed by atoms with van der Waals surface area (Å²) in [5, 5.41) is 3.52. The molecular formula is C18H13Cl3. The van der Waals surface area contributed by atoms with E-state index < -0.39 is 0 Å². The maximum absolute atomic E-state index is 6.57. The van der Waals surface area contributed by atoms with E-state index in [2.05, 4.69) is 30.3 Å². The van der Waals surface area contributed by atoms with Gasteiger partial charge in [0.05, 0.1) is 5.38 Å². The number of benzene rings is 3. The third-order valence-corrected chi connectivity index (χ3v) is 4.37. The van der Waals surface area contributed by atoms with Gasteiger partial charge in [-0.3, -0.25) is 0 Å². The zero-order chi connectivity index (χ0) is 14.8. The van der Waals surface area contributed by atoms with Gasteiger partial charge in [0.1, 0.15) is 0 Å². The molecule has 0 amide bonds.